The number of hydrogen-bond donors (Lipinski definition) is 2. The van der Waals surface area contributed by atoms with Crippen LogP contribution in [0.1, 0.15) is 32.4 Å². The van der Waals surface area contributed by atoms with Gasteiger partial charge < -0.3 is 15.1 Å². The van der Waals surface area contributed by atoms with Crippen LogP contribution in [0.15, 0.2) is 29.0 Å². The molecule has 0 saturated carbocycles. The number of furan rings is 1. The molecule has 21 heavy (non-hydrogen) atoms. The Morgan fingerprint density at radius 2 is 2.29 bits per heavy atom. The number of anilines is 2. The Morgan fingerprint density at radius 1 is 1.43 bits per heavy atom. The Bertz CT molecular complexity index is 545. The van der Waals surface area contributed by atoms with Crippen LogP contribution in [0.25, 0.3) is 0 Å². The van der Waals surface area contributed by atoms with Gasteiger partial charge in [0, 0.05) is 19.0 Å². The van der Waals surface area contributed by atoms with Crippen LogP contribution in [-0.4, -0.2) is 22.6 Å². The standard InChI is InChI=1S/C15H21FN4O/c1-3-8-17-15-18-10-13(16)14(20-15)19-11(2)6-7-12-5-4-9-21-12/h4-5,9-11H,3,6-8H2,1-2H3,(H2,17,18,19,20). The molecular formula is C15H21FN4O. The van der Waals surface area contributed by atoms with Gasteiger partial charge in [-0.05, 0) is 31.9 Å². The van der Waals surface area contributed by atoms with Gasteiger partial charge in [-0.2, -0.15) is 4.98 Å². The lowest BCUT2D eigenvalue weighted by molar-refractivity contribution is 0.494. The second kappa shape index (κ2) is 7.61. The van der Waals surface area contributed by atoms with Gasteiger partial charge >= 0.3 is 0 Å². The summed E-state index contributed by atoms with van der Waals surface area (Å²) in [4.78, 5) is 8.08. The van der Waals surface area contributed by atoms with Crippen molar-refractivity contribution in [1.82, 2.24) is 9.97 Å². The summed E-state index contributed by atoms with van der Waals surface area (Å²) in [5.74, 6) is 1.16. The highest BCUT2D eigenvalue weighted by molar-refractivity contribution is 5.41. The van der Waals surface area contributed by atoms with E-state index in [4.69, 9.17) is 4.42 Å². The Hall–Kier alpha value is -2.11. The van der Waals surface area contributed by atoms with E-state index in [1.807, 2.05) is 26.0 Å². The SMILES string of the molecule is CCCNc1ncc(F)c(NC(C)CCc2ccco2)n1. The van der Waals surface area contributed by atoms with E-state index in [0.717, 1.165) is 31.6 Å². The maximum atomic E-state index is 13.7. The molecule has 0 bridgehead atoms. The summed E-state index contributed by atoms with van der Waals surface area (Å²) in [5, 5.41) is 6.13. The molecule has 0 radical (unpaired) electrons. The molecule has 0 aliphatic heterocycles. The van der Waals surface area contributed by atoms with Gasteiger partial charge in [0.2, 0.25) is 5.95 Å². The smallest absolute Gasteiger partial charge is 0.224 e. The summed E-state index contributed by atoms with van der Waals surface area (Å²) in [5.41, 5.74) is 0. The zero-order chi connectivity index (χ0) is 15.1. The molecule has 6 heteroatoms. The second-order valence-corrected chi connectivity index (χ2v) is 4.98. The summed E-state index contributed by atoms with van der Waals surface area (Å²) in [6, 6.07) is 3.88. The Morgan fingerprint density at radius 3 is 3.00 bits per heavy atom. The summed E-state index contributed by atoms with van der Waals surface area (Å²) in [7, 11) is 0. The minimum atomic E-state index is -0.443. The first kappa shape index (κ1) is 15.3. The molecule has 2 aromatic heterocycles. The molecule has 2 aromatic rings. The van der Waals surface area contributed by atoms with Crippen molar-refractivity contribution in [2.45, 2.75) is 39.2 Å². The number of hydrogen-bond acceptors (Lipinski definition) is 5. The van der Waals surface area contributed by atoms with Crippen LogP contribution in [0.5, 0.6) is 0 Å². The summed E-state index contributed by atoms with van der Waals surface area (Å²) < 4.78 is 19.0. The highest BCUT2D eigenvalue weighted by atomic mass is 19.1. The molecule has 0 saturated heterocycles. The molecule has 0 aromatic carbocycles. The fraction of sp³-hybridized carbons (Fsp3) is 0.467. The second-order valence-electron chi connectivity index (χ2n) is 4.98. The van der Waals surface area contributed by atoms with E-state index in [1.165, 1.54) is 6.20 Å². The molecule has 5 nitrogen and oxygen atoms in total. The van der Waals surface area contributed by atoms with Crippen molar-refractivity contribution in [3.8, 4) is 0 Å². The maximum Gasteiger partial charge on any atom is 0.224 e. The lowest BCUT2D eigenvalue weighted by Gasteiger charge is -2.15. The van der Waals surface area contributed by atoms with Gasteiger partial charge in [-0.1, -0.05) is 6.92 Å². The van der Waals surface area contributed by atoms with E-state index in [2.05, 4.69) is 20.6 Å². The van der Waals surface area contributed by atoms with Crippen molar-refractivity contribution >= 4 is 11.8 Å². The highest BCUT2D eigenvalue weighted by Gasteiger charge is 2.10. The van der Waals surface area contributed by atoms with Gasteiger partial charge in [-0.25, -0.2) is 9.37 Å². The van der Waals surface area contributed by atoms with Crippen molar-refractivity contribution < 1.29 is 8.81 Å². The van der Waals surface area contributed by atoms with E-state index in [-0.39, 0.29) is 11.9 Å². The Balaban J connectivity index is 1.91. The predicted molar refractivity (Wildman–Crippen MR) is 80.9 cm³/mol. The molecule has 1 atom stereocenters. The van der Waals surface area contributed by atoms with Crippen molar-refractivity contribution in [3.05, 3.63) is 36.2 Å². The average molecular weight is 292 g/mol. The number of aryl methyl sites for hydroxylation is 1. The van der Waals surface area contributed by atoms with E-state index in [9.17, 15) is 4.39 Å². The number of nitrogens with one attached hydrogen (secondary N) is 2. The minimum Gasteiger partial charge on any atom is -0.469 e. The molecule has 0 amide bonds. The molecule has 1 unspecified atom stereocenters. The third-order valence-electron chi connectivity index (χ3n) is 3.06. The van der Waals surface area contributed by atoms with Gasteiger partial charge in [-0.3, -0.25) is 0 Å². The Labute approximate surface area is 124 Å². The number of nitrogens with zero attached hydrogens (tertiary/aromatic N) is 2. The molecule has 0 aliphatic carbocycles. The normalized spacial score (nSPS) is 12.1. The minimum absolute atomic E-state index is 0.0820. The van der Waals surface area contributed by atoms with Crippen molar-refractivity contribution in [3.63, 3.8) is 0 Å². The zero-order valence-electron chi connectivity index (χ0n) is 12.4. The first-order valence-electron chi connectivity index (χ1n) is 7.24. The summed E-state index contributed by atoms with van der Waals surface area (Å²) >= 11 is 0. The van der Waals surface area contributed by atoms with Crippen LogP contribution in [0.2, 0.25) is 0 Å². The monoisotopic (exact) mass is 292 g/mol. The van der Waals surface area contributed by atoms with Crippen LogP contribution >= 0.6 is 0 Å². The molecule has 0 fully saturated rings. The molecule has 114 valence electrons. The van der Waals surface area contributed by atoms with Gasteiger partial charge in [0.25, 0.3) is 0 Å². The largest absolute Gasteiger partial charge is 0.469 e. The molecular weight excluding hydrogens is 271 g/mol. The van der Waals surface area contributed by atoms with Crippen LogP contribution < -0.4 is 10.6 Å². The lowest BCUT2D eigenvalue weighted by Crippen LogP contribution is -2.19. The fourth-order valence-corrected chi connectivity index (χ4v) is 1.91. The van der Waals surface area contributed by atoms with Crippen molar-refractivity contribution in [1.29, 1.82) is 0 Å². The predicted octanol–water partition coefficient (Wildman–Crippen LogP) is 3.46. The van der Waals surface area contributed by atoms with Gasteiger partial charge in [0.15, 0.2) is 11.6 Å². The third kappa shape index (κ3) is 4.73. The zero-order valence-corrected chi connectivity index (χ0v) is 12.4. The van der Waals surface area contributed by atoms with Crippen LogP contribution in [0.3, 0.4) is 0 Å². The maximum absolute atomic E-state index is 13.7. The average Bonchev–Trinajstić information content (AvgIpc) is 2.99. The van der Waals surface area contributed by atoms with E-state index < -0.39 is 5.82 Å². The molecule has 0 spiro atoms. The third-order valence-corrected chi connectivity index (χ3v) is 3.06. The number of rotatable bonds is 8. The van der Waals surface area contributed by atoms with Crippen LogP contribution in [-0.2, 0) is 6.42 Å². The summed E-state index contributed by atoms with van der Waals surface area (Å²) in [6.45, 7) is 4.80. The number of halogens is 1. The number of aromatic nitrogens is 2. The fourth-order valence-electron chi connectivity index (χ4n) is 1.91. The Kier molecular flexibility index (Phi) is 5.54. The van der Waals surface area contributed by atoms with Gasteiger partial charge in [0.05, 0.1) is 12.5 Å². The van der Waals surface area contributed by atoms with E-state index in [1.54, 1.807) is 6.26 Å². The van der Waals surface area contributed by atoms with Crippen molar-refractivity contribution in [2.75, 3.05) is 17.2 Å². The van der Waals surface area contributed by atoms with Crippen LogP contribution in [0.4, 0.5) is 16.2 Å². The highest BCUT2D eigenvalue weighted by Crippen LogP contribution is 2.15. The molecule has 2 heterocycles. The van der Waals surface area contributed by atoms with Crippen molar-refractivity contribution in [2.24, 2.45) is 0 Å². The van der Waals surface area contributed by atoms with Crippen LogP contribution in [0, 0.1) is 5.82 Å². The van der Waals surface area contributed by atoms with E-state index >= 15 is 0 Å². The van der Waals surface area contributed by atoms with Gasteiger partial charge in [-0.15, -0.1) is 0 Å². The van der Waals surface area contributed by atoms with E-state index in [0.29, 0.717) is 5.95 Å². The molecule has 0 aliphatic rings. The first-order chi connectivity index (χ1) is 10.2. The lowest BCUT2D eigenvalue weighted by atomic mass is 10.1. The molecule has 2 rings (SSSR count). The quantitative estimate of drug-likeness (QED) is 0.780. The first-order valence-corrected chi connectivity index (χ1v) is 7.24. The summed E-state index contributed by atoms with van der Waals surface area (Å²) in [6.07, 6.45) is 5.43. The van der Waals surface area contributed by atoms with Gasteiger partial charge in [0.1, 0.15) is 5.76 Å². The molecule has 2 N–H and O–H groups in total. The topological polar surface area (TPSA) is 63.0 Å².